The van der Waals surface area contributed by atoms with Gasteiger partial charge in [0.15, 0.2) is 0 Å². The molecule has 0 aliphatic heterocycles. The van der Waals surface area contributed by atoms with E-state index in [4.69, 9.17) is 0 Å². The number of hydrogen-bond donors (Lipinski definition) is 0. The number of hydrogen-bond acceptors (Lipinski definition) is 0. The van der Waals surface area contributed by atoms with Crippen LogP contribution < -0.4 is 0 Å². The second-order valence-corrected chi connectivity index (χ2v) is 12.2. The van der Waals surface area contributed by atoms with E-state index < -0.39 is 0 Å². The van der Waals surface area contributed by atoms with Gasteiger partial charge >= 0.3 is 0 Å². The van der Waals surface area contributed by atoms with Crippen molar-refractivity contribution in [3.8, 4) is 22.5 Å². The summed E-state index contributed by atoms with van der Waals surface area (Å²) >= 11 is 0. The number of fused-ring (bicyclic) bond motifs is 8. The van der Waals surface area contributed by atoms with Gasteiger partial charge in [0, 0.05) is 32.9 Å². The normalized spacial score (nSPS) is 11.9. The molecular weight excluding hydrogens is 556 g/mol. The molecule has 0 bridgehead atoms. The van der Waals surface area contributed by atoms with Gasteiger partial charge in [-0.15, -0.1) is 0 Å². The zero-order chi connectivity index (χ0) is 30.2. The standard InChI is InChI=1S/C44H28N2/c1-3-11-32-25-34(18-17-29(32)9-1)31-19-22-35(23-20-31)45-41-15-7-5-13-37(41)39-27-40-38-14-6-8-16-42(38)46(44(40)28-43(39)45)36-24-21-30-10-2-4-12-33(30)26-36/h1-28H. The first-order valence-corrected chi connectivity index (χ1v) is 15.9. The van der Waals surface area contributed by atoms with Crippen molar-refractivity contribution in [3.05, 3.63) is 170 Å². The molecule has 2 heterocycles. The highest BCUT2D eigenvalue weighted by molar-refractivity contribution is 6.19. The van der Waals surface area contributed by atoms with Gasteiger partial charge in [-0.3, -0.25) is 0 Å². The van der Waals surface area contributed by atoms with Crippen molar-refractivity contribution in [2.75, 3.05) is 0 Å². The maximum absolute atomic E-state index is 2.43. The molecule has 0 spiro atoms. The minimum atomic E-state index is 1.16. The molecule has 0 atom stereocenters. The topological polar surface area (TPSA) is 9.86 Å². The van der Waals surface area contributed by atoms with Gasteiger partial charge in [-0.25, -0.2) is 0 Å². The van der Waals surface area contributed by atoms with Crippen molar-refractivity contribution < 1.29 is 0 Å². The van der Waals surface area contributed by atoms with Crippen LogP contribution in [0, 0.1) is 0 Å². The maximum Gasteiger partial charge on any atom is 0.0562 e. The Morgan fingerprint density at radius 3 is 1.39 bits per heavy atom. The van der Waals surface area contributed by atoms with Gasteiger partial charge < -0.3 is 9.13 Å². The van der Waals surface area contributed by atoms with Crippen LogP contribution in [0.5, 0.6) is 0 Å². The van der Waals surface area contributed by atoms with Crippen LogP contribution in [-0.2, 0) is 0 Å². The Morgan fingerprint density at radius 1 is 0.261 bits per heavy atom. The lowest BCUT2D eigenvalue weighted by molar-refractivity contribution is 1.17. The first kappa shape index (κ1) is 25.2. The molecule has 0 aliphatic rings. The summed E-state index contributed by atoms with van der Waals surface area (Å²) in [5.74, 6) is 0. The average molecular weight is 585 g/mol. The Bertz CT molecular complexity index is 2790. The zero-order valence-corrected chi connectivity index (χ0v) is 25.1. The Hall–Kier alpha value is -6.12. The second-order valence-electron chi connectivity index (χ2n) is 12.2. The zero-order valence-electron chi connectivity index (χ0n) is 25.1. The summed E-state index contributed by atoms with van der Waals surface area (Å²) in [4.78, 5) is 0. The molecule has 0 fully saturated rings. The SMILES string of the molecule is c1ccc2cc(-c3ccc(-n4c5ccccc5c5cc6c7ccccc7n(-c7ccc8ccccc8c7)c6cc54)cc3)ccc2c1. The highest BCUT2D eigenvalue weighted by Crippen LogP contribution is 2.40. The molecule has 46 heavy (non-hydrogen) atoms. The summed E-state index contributed by atoms with van der Waals surface area (Å²) < 4.78 is 4.86. The molecule has 10 rings (SSSR count). The third-order valence-corrected chi connectivity index (χ3v) is 9.67. The average Bonchev–Trinajstić information content (AvgIpc) is 3.62. The molecule has 0 radical (unpaired) electrons. The van der Waals surface area contributed by atoms with Gasteiger partial charge in [0.2, 0.25) is 0 Å². The summed E-state index contributed by atoms with van der Waals surface area (Å²) in [5.41, 5.74) is 9.62. The van der Waals surface area contributed by atoms with Gasteiger partial charge in [0.1, 0.15) is 0 Å². The van der Waals surface area contributed by atoms with Crippen LogP contribution >= 0.6 is 0 Å². The predicted molar refractivity (Wildman–Crippen MR) is 196 cm³/mol. The maximum atomic E-state index is 2.43. The molecule has 2 nitrogen and oxygen atoms in total. The summed E-state index contributed by atoms with van der Waals surface area (Å²) in [7, 11) is 0. The second kappa shape index (κ2) is 9.69. The molecule has 2 aromatic heterocycles. The molecule has 0 saturated carbocycles. The van der Waals surface area contributed by atoms with Crippen LogP contribution in [0.1, 0.15) is 0 Å². The van der Waals surface area contributed by atoms with Gasteiger partial charge in [-0.2, -0.15) is 0 Å². The van der Waals surface area contributed by atoms with Crippen LogP contribution in [0.25, 0.3) is 87.7 Å². The lowest BCUT2D eigenvalue weighted by Crippen LogP contribution is -1.96. The Morgan fingerprint density at radius 2 is 0.739 bits per heavy atom. The first-order chi connectivity index (χ1) is 22.8. The minimum Gasteiger partial charge on any atom is -0.309 e. The lowest BCUT2D eigenvalue weighted by Gasteiger charge is -2.12. The van der Waals surface area contributed by atoms with E-state index >= 15 is 0 Å². The Kier molecular flexibility index (Phi) is 5.31. The van der Waals surface area contributed by atoms with Crippen LogP contribution in [0.2, 0.25) is 0 Å². The Balaban J connectivity index is 1.22. The fourth-order valence-corrected chi connectivity index (χ4v) is 7.47. The highest BCUT2D eigenvalue weighted by Gasteiger charge is 2.18. The van der Waals surface area contributed by atoms with E-state index in [2.05, 4.69) is 179 Å². The molecule has 0 aliphatic carbocycles. The number of para-hydroxylation sites is 2. The summed E-state index contributed by atoms with van der Waals surface area (Å²) in [6.45, 7) is 0. The van der Waals surface area contributed by atoms with Gasteiger partial charge in [0.25, 0.3) is 0 Å². The molecule has 2 heteroatoms. The van der Waals surface area contributed by atoms with E-state index in [1.165, 1.54) is 82.0 Å². The number of nitrogens with zero attached hydrogens (tertiary/aromatic N) is 2. The van der Waals surface area contributed by atoms with Crippen molar-refractivity contribution in [1.82, 2.24) is 9.13 Å². The fraction of sp³-hybridized carbons (Fsp3) is 0. The van der Waals surface area contributed by atoms with Gasteiger partial charge in [0.05, 0.1) is 22.1 Å². The molecular formula is C44H28N2. The lowest BCUT2D eigenvalue weighted by atomic mass is 10.0. The summed E-state index contributed by atoms with van der Waals surface area (Å²) in [6, 6.07) is 62.1. The van der Waals surface area contributed by atoms with Crippen molar-refractivity contribution >= 4 is 65.2 Å². The van der Waals surface area contributed by atoms with Crippen LogP contribution in [-0.4, -0.2) is 9.13 Å². The van der Waals surface area contributed by atoms with Crippen LogP contribution in [0.3, 0.4) is 0 Å². The van der Waals surface area contributed by atoms with Gasteiger partial charge in [-0.1, -0.05) is 115 Å². The van der Waals surface area contributed by atoms with Crippen molar-refractivity contribution in [2.45, 2.75) is 0 Å². The summed E-state index contributed by atoms with van der Waals surface area (Å²) in [5, 5.41) is 10.1. The van der Waals surface area contributed by atoms with E-state index in [0.717, 1.165) is 5.69 Å². The summed E-state index contributed by atoms with van der Waals surface area (Å²) in [6.07, 6.45) is 0. The van der Waals surface area contributed by atoms with Gasteiger partial charge in [-0.05, 0) is 87.3 Å². The molecule has 0 N–H and O–H groups in total. The van der Waals surface area contributed by atoms with Crippen molar-refractivity contribution in [3.63, 3.8) is 0 Å². The third kappa shape index (κ3) is 3.71. The van der Waals surface area contributed by atoms with Crippen molar-refractivity contribution in [1.29, 1.82) is 0 Å². The molecule has 0 unspecified atom stereocenters. The van der Waals surface area contributed by atoms with E-state index in [0.29, 0.717) is 0 Å². The number of aromatic nitrogens is 2. The first-order valence-electron chi connectivity index (χ1n) is 15.9. The molecule has 8 aromatic carbocycles. The predicted octanol–water partition coefficient (Wildman–Crippen LogP) is 11.9. The van der Waals surface area contributed by atoms with Crippen LogP contribution in [0.4, 0.5) is 0 Å². The molecule has 0 saturated heterocycles. The van der Waals surface area contributed by atoms with Crippen molar-refractivity contribution in [2.24, 2.45) is 0 Å². The fourth-order valence-electron chi connectivity index (χ4n) is 7.47. The highest BCUT2D eigenvalue weighted by atomic mass is 15.0. The molecule has 0 amide bonds. The van der Waals surface area contributed by atoms with Crippen LogP contribution in [0.15, 0.2) is 170 Å². The smallest absolute Gasteiger partial charge is 0.0562 e. The number of rotatable bonds is 3. The minimum absolute atomic E-state index is 1.16. The van der Waals surface area contributed by atoms with E-state index in [9.17, 15) is 0 Å². The quantitative estimate of drug-likeness (QED) is 0.195. The van der Waals surface area contributed by atoms with E-state index in [1.54, 1.807) is 0 Å². The number of benzene rings is 8. The third-order valence-electron chi connectivity index (χ3n) is 9.67. The Labute approximate surface area is 266 Å². The molecule has 10 aromatic rings. The van der Waals surface area contributed by atoms with E-state index in [-0.39, 0.29) is 0 Å². The monoisotopic (exact) mass is 584 g/mol. The largest absolute Gasteiger partial charge is 0.309 e. The van der Waals surface area contributed by atoms with E-state index in [1.807, 2.05) is 0 Å². The molecule has 214 valence electrons.